The molecule has 1 atom stereocenters. The summed E-state index contributed by atoms with van der Waals surface area (Å²) in [6, 6.07) is 12.1. The Morgan fingerprint density at radius 3 is 2.58 bits per heavy atom. The number of hydrogen-bond acceptors (Lipinski definition) is 6. The number of hydrazone groups is 1. The monoisotopic (exact) mass is 470 g/mol. The molecule has 8 nitrogen and oxygen atoms in total. The Labute approximate surface area is 194 Å². The zero-order chi connectivity index (χ0) is 23.4. The number of nitrogens with zero attached hydrogens (tertiary/aromatic N) is 3. The summed E-state index contributed by atoms with van der Waals surface area (Å²) in [6.45, 7) is 0.145. The zero-order valence-electron chi connectivity index (χ0n) is 18.0. The van der Waals surface area contributed by atoms with Crippen molar-refractivity contribution in [2.75, 3.05) is 24.1 Å². The molecule has 172 valence electrons. The molecule has 1 N–H and O–H groups in total. The fourth-order valence-electron chi connectivity index (χ4n) is 3.57. The van der Waals surface area contributed by atoms with Crippen LogP contribution in [0.2, 0.25) is 0 Å². The molecule has 0 saturated carbocycles. The van der Waals surface area contributed by atoms with E-state index in [0.717, 1.165) is 0 Å². The zero-order valence-corrected chi connectivity index (χ0v) is 18.8. The molecule has 1 unspecified atom stereocenters. The second-order valence-electron chi connectivity index (χ2n) is 7.63. The van der Waals surface area contributed by atoms with Crippen molar-refractivity contribution in [2.45, 2.75) is 25.4 Å². The van der Waals surface area contributed by atoms with E-state index >= 15 is 0 Å². The lowest BCUT2D eigenvalue weighted by Gasteiger charge is -2.27. The van der Waals surface area contributed by atoms with Crippen molar-refractivity contribution >= 4 is 40.9 Å². The van der Waals surface area contributed by atoms with E-state index in [-0.39, 0.29) is 48.6 Å². The maximum Gasteiger partial charge on any atom is 0.271 e. The van der Waals surface area contributed by atoms with Crippen molar-refractivity contribution in [3.05, 3.63) is 59.9 Å². The topological polar surface area (TPSA) is 91.3 Å². The average molecular weight is 471 g/mol. The molecule has 2 aromatic rings. The molecule has 2 heterocycles. The van der Waals surface area contributed by atoms with Gasteiger partial charge in [-0.15, -0.1) is 11.8 Å². The SMILES string of the molecule is COc1ccc(NC(=O)C2CSCN2C(=O)C2=NN(Cc3ccc(F)cc3)C(=O)CC2)cc1. The van der Waals surface area contributed by atoms with Gasteiger partial charge < -0.3 is 15.0 Å². The number of hydrogen-bond donors (Lipinski definition) is 1. The molecule has 33 heavy (non-hydrogen) atoms. The van der Waals surface area contributed by atoms with Crippen LogP contribution in [0.5, 0.6) is 5.75 Å². The summed E-state index contributed by atoms with van der Waals surface area (Å²) in [6.07, 6.45) is 0.362. The Kier molecular flexibility index (Phi) is 6.93. The number of thioether (sulfide) groups is 1. The first-order valence-corrected chi connectivity index (χ1v) is 11.6. The molecular weight excluding hydrogens is 447 g/mol. The Morgan fingerprint density at radius 2 is 1.88 bits per heavy atom. The molecule has 4 rings (SSSR count). The second kappa shape index (κ2) is 10.0. The summed E-state index contributed by atoms with van der Waals surface area (Å²) in [5.41, 5.74) is 1.55. The van der Waals surface area contributed by atoms with Gasteiger partial charge in [0, 0.05) is 24.3 Å². The Hall–Kier alpha value is -3.40. The molecule has 3 amide bonds. The molecule has 2 aliphatic rings. The van der Waals surface area contributed by atoms with Crippen LogP contribution in [0.15, 0.2) is 53.6 Å². The van der Waals surface area contributed by atoms with Crippen LogP contribution in [-0.4, -0.2) is 58.1 Å². The van der Waals surface area contributed by atoms with Gasteiger partial charge in [0.15, 0.2) is 0 Å². The van der Waals surface area contributed by atoms with Crippen LogP contribution in [-0.2, 0) is 20.9 Å². The van der Waals surface area contributed by atoms with Crippen molar-refractivity contribution in [3.8, 4) is 5.75 Å². The third-order valence-corrected chi connectivity index (χ3v) is 6.41. The lowest BCUT2D eigenvalue weighted by molar-refractivity contribution is -0.134. The minimum atomic E-state index is -0.643. The van der Waals surface area contributed by atoms with Crippen molar-refractivity contribution in [3.63, 3.8) is 0 Å². The quantitative estimate of drug-likeness (QED) is 0.701. The van der Waals surface area contributed by atoms with Crippen LogP contribution in [0.1, 0.15) is 18.4 Å². The fourth-order valence-corrected chi connectivity index (χ4v) is 4.72. The van der Waals surface area contributed by atoms with Gasteiger partial charge in [-0.3, -0.25) is 14.4 Å². The molecule has 0 bridgehead atoms. The molecule has 0 aromatic heterocycles. The maximum atomic E-state index is 13.2. The summed E-state index contributed by atoms with van der Waals surface area (Å²) in [7, 11) is 1.56. The first-order valence-electron chi connectivity index (χ1n) is 10.4. The van der Waals surface area contributed by atoms with Gasteiger partial charge in [0.05, 0.1) is 19.5 Å². The molecule has 0 aliphatic carbocycles. The minimum absolute atomic E-state index is 0.145. The number of anilines is 1. The number of carbonyl (C=O) groups is 3. The highest BCUT2D eigenvalue weighted by Gasteiger charge is 2.38. The second-order valence-corrected chi connectivity index (χ2v) is 8.63. The number of benzene rings is 2. The van der Waals surface area contributed by atoms with E-state index in [4.69, 9.17) is 4.74 Å². The normalized spacial score (nSPS) is 18.2. The van der Waals surface area contributed by atoms with Crippen LogP contribution < -0.4 is 10.1 Å². The fraction of sp³-hybridized carbons (Fsp3) is 0.304. The summed E-state index contributed by atoms with van der Waals surface area (Å²) in [5.74, 6) is 0.301. The number of methoxy groups -OCH3 is 1. The highest BCUT2D eigenvalue weighted by atomic mass is 32.2. The molecule has 2 aromatic carbocycles. The van der Waals surface area contributed by atoms with Gasteiger partial charge in [0.2, 0.25) is 11.8 Å². The molecule has 10 heteroatoms. The van der Waals surface area contributed by atoms with Crippen molar-refractivity contribution in [1.82, 2.24) is 9.91 Å². The Bertz CT molecular complexity index is 1070. The summed E-state index contributed by atoms with van der Waals surface area (Å²) < 4.78 is 18.3. The largest absolute Gasteiger partial charge is 0.497 e. The number of carbonyl (C=O) groups excluding carboxylic acids is 3. The van der Waals surface area contributed by atoms with Gasteiger partial charge in [0.25, 0.3) is 5.91 Å². The molecule has 0 radical (unpaired) electrons. The van der Waals surface area contributed by atoms with Crippen molar-refractivity contribution < 1.29 is 23.5 Å². The average Bonchev–Trinajstić information content (AvgIpc) is 3.32. The summed E-state index contributed by atoms with van der Waals surface area (Å²) in [5, 5.41) is 8.36. The van der Waals surface area contributed by atoms with Crippen molar-refractivity contribution in [2.24, 2.45) is 5.10 Å². The van der Waals surface area contributed by atoms with Gasteiger partial charge in [-0.2, -0.15) is 5.10 Å². The first-order chi connectivity index (χ1) is 15.9. The molecule has 1 fully saturated rings. The number of rotatable bonds is 6. The van der Waals surface area contributed by atoms with Crippen LogP contribution in [0.4, 0.5) is 10.1 Å². The standard InChI is InChI=1S/C23H23FN4O4S/c1-32-18-8-6-17(7-9-18)25-22(30)20-13-33-14-27(20)23(31)19-10-11-21(29)28(26-19)12-15-2-4-16(24)5-3-15/h2-9,20H,10-14H2,1H3,(H,25,30). The molecule has 1 saturated heterocycles. The maximum absolute atomic E-state index is 13.2. The summed E-state index contributed by atoms with van der Waals surface area (Å²) >= 11 is 1.49. The van der Waals surface area contributed by atoms with Crippen molar-refractivity contribution in [1.29, 1.82) is 0 Å². The summed E-state index contributed by atoms with van der Waals surface area (Å²) in [4.78, 5) is 39.9. The highest BCUT2D eigenvalue weighted by Crippen LogP contribution is 2.25. The third kappa shape index (κ3) is 5.33. The van der Waals surface area contributed by atoms with Gasteiger partial charge in [0.1, 0.15) is 23.3 Å². The van der Waals surface area contributed by atoms with E-state index < -0.39 is 6.04 Å². The molecule has 2 aliphatic heterocycles. The third-order valence-electron chi connectivity index (χ3n) is 5.40. The smallest absolute Gasteiger partial charge is 0.271 e. The van der Waals surface area contributed by atoms with Crippen LogP contribution in [0.3, 0.4) is 0 Å². The first kappa shape index (κ1) is 22.8. The predicted octanol–water partition coefficient (Wildman–Crippen LogP) is 2.85. The van der Waals surface area contributed by atoms with Gasteiger partial charge >= 0.3 is 0 Å². The lowest BCUT2D eigenvalue weighted by Crippen LogP contribution is -2.48. The van der Waals surface area contributed by atoms with E-state index in [1.54, 1.807) is 43.5 Å². The van der Waals surface area contributed by atoms with Gasteiger partial charge in [-0.05, 0) is 42.0 Å². The molecule has 0 spiro atoms. The van der Waals surface area contributed by atoms with Crippen LogP contribution in [0.25, 0.3) is 0 Å². The number of ether oxygens (including phenoxy) is 1. The number of halogens is 1. The van der Waals surface area contributed by atoms with E-state index in [1.165, 1.54) is 33.8 Å². The number of nitrogens with one attached hydrogen (secondary N) is 1. The van der Waals surface area contributed by atoms with E-state index in [9.17, 15) is 18.8 Å². The van der Waals surface area contributed by atoms with Crippen LogP contribution >= 0.6 is 11.8 Å². The predicted molar refractivity (Wildman–Crippen MR) is 123 cm³/mol. The minimum Gasteiger partial charge on any atom is -0.497 e. The Morgan fingerprint density at radius 1 is 1.15 bits per heavy atom. The number of amides is 3. The lowest BCUT2D eigenvalue weighted by atomic mass is 10.1. The van der Waals surface area contributed by atoms with E-state index in [2.05, 4.69) is 10.4 Å². The van der Waals surface area contributed by atoms with Crippen LogP contribution in [0, 0.1) is 5.82 Å². The highest BCUT2D eigenvalue weighted by molar-refractivity contribution is 7.99. The van der Waals surface area contributed by atoms with Gasteiger partial charge in [-0.1, -0.05) is 12.1 Å². The van der Waals surface area contributed by atoms with E-state index in [0.29, 0.717) is 28.6 Å². The molecular formula is C23H23FN4O4S. The Balaban J connectivity index is 1.45. The van der Waals surface area contributed by atoms with Gasteiger partial charge in [-0.25, -0.2) is 9.40 Å². The van der Waals surface area contributed by atoms with E-state index in [1.807, 2.05) is 0 Å².